The second kappa shape index (κ2) is 3.28. The van der Waals surface area contributed by atoms with Crippen LogP contribution in [0.5, 0.6) is 0 Å². The Morgan fingerprint density at radius 1 is 1.08 bits per heavy atom. The molecule has 12 heavy (non-hydrogen) atoms. The van der Waals surface area contributed by atoms with E-state index >= 15 is 0 Å². The van der Waals surface area contributed by atoms with Crippen LogP contribution in [-0.4, -0.2) is 5.11 Å². The van der Waals surface area contributed by atoms with Gasteiger partial charge in [0.25, 0.3) is 0 Å². The van der Waals surface area contributed by atoms with Crippen molar-refractivity contribution in [2.24, 2.45) is 0 Å². The zero-order valence-corrected chi connectivity index (χ0v) is 7.83. The summed E-state index contributed by atoms with van der Waals surface area (Å²) in [4.78, 5) is 0. The lowest BCUT2D eigenvalue weighted by Crippen LogP contribution is -2.10. The van der Waals surface area contributed by atoms with Gasteiger partial charge >= 0.3 is 0 Å². The lowest BCUT2D eigenvalue weighted by Gasteiger charge is -2.18. The van der Waals surface area contributed by atoms with Crippen LogP contribution in [-0.2, 0) is 5.41 Å². The fourth-order valence-corrected chi connectivity index (χ4v) is 1.07. The Morgan fingerprint density at radius 3 is 1.92 bits per heavy atom. The number of hydrogen-bond acceptors (Lipinski definition) is 1. The summed E-state index contributed by atoms with van der Waals surface area (Å²) < 4.78 is 0. The molecule has 1 heteroatoms. The van der Waals surface area contributed by atoms with Crippen LogP contribution in [0.1, 0.15) is 31.9 Å². The number of hydrogen-bond donors (Lipinski definition) is 1. The molecule has 1 rings (SSSR count). The van der Waals surface area contributed by atoms with Crippen LogP contribution in [0.3, 0.4) is 0 Å². The second-order valence-electron chi connectivity index (χ2n) is 4.00. The lowest BCUT2D eigenvalue weighted by atomic mass is 9.87. The first-order chi connectivity index (χ1) is 5.54. The number of aliphatic hydroxyl groups excluding tert-OH is 1. The molecule has 1 radical (unpaired) electrons. The van der Waals surface area contributed by atoms with Crippen molar-refractivity contribution in [1.82, 2.24) is 0 Å². The average molecular weight is 163 g/mol. The van der Waals surface area contributed by atoms with Gasteiger partial charge in [-0.2, -0.15) is 0 Å². The molecule has 65 valence electrons. The van der Waals surface area contributed by atoms with Crippen molar-refractivity contribution >= 4 is 0 Å². The Labute approximate surface area is 74.1 Å². The Morgan fingerprint density at radius 2 is 1.58 bits per heavy atom. The molecule has 1 aromatic rings. The van der Waals surface area contributed by atoms with Crippen molar-refractivity contribution in [1.29, 1.82) is 0 Å². The third-order valence-electron chi connectivity index (χ3n) is 1.93. The van der Waals surface area contributed by atoms with Gasteiger partial charge in [-0.25, -0.2) is 0 Å². The molecule has 0 bridgehead atoms. The van der Waals surface area contributed by atoms with Gasteiger partial charge in [-0.3, -0.25) is 0 Å². The van der Waals surface area contributed by atoms with E-state index < -0.39 is 0 Å². The molecule has 0 atom stereocenters. The van der Waals surface area contributed by atoms with Crippen molar-refractivity contribution in [2.75, 3.05) is 0 Å². The maximum absolute atomic E-state index is 8.71. The predicted octanol–water partition coefficient (Wildman–Crippen LogP) is 2.87. The highest BCUT2D eigenvalue weighted by Gasteiger charge is 2.12. The van der Waals surface area contributed by atoms with Crippen molar-refractivity contribution in [2.45, 2.75) is 26.2 Å². The molecule has 0 aromatic heterocycles. The number of aliphatic hydroxyl groups is 1. The van der Waals surface area contributed by atoms with E-state index in [1.807, 2.05) is 24.3 Å². The van der Waals surface area contributed by atoms with Crippen LogP contribution < -0.4 is 0 Å². The maximum atomic E-state index is 8.71. The van der Waals surface area contributed by atoms with Gasteiger partial charge in [0.15, 0.2) is 0 Å². The van der Waals surface area contributed by atoms with Crippen molar-refractivity contribution in [3.8, 4) is 0 Å². The largest absolute Gasteiger partial charge is 0.385 e. The van der Waals surface area contributed by atoms with Crippen molar-refractivity contribution in [3.05, 3.63) is 42.0 Å². The van der Waals surface area contributed by atoms with E-state index in [1.54, 1.807) is 0 Å². The molecule has 0 fully saturated rings. The molecule has 0 saturated carbocycles. The fourth-order valence-electron chi connectivity index (χ4n) is 1.07. The summed E-state index contributed by atoms with van der Waals surface area (Å²) in [7, 11) is 0. The van der Waals surface area contributed by atoms with Gasteiger partial charge in [0, 0.05) is 0 Å². The quantitative estimate of drug-likeness (QED) is 0.675. The summed E-state index contributed by atoms with van der Waals surface area (Å²) in [6.45, 7) is 7.63. The summed E-state index contributed by atoms with van der Waals surface area (Å²) in [5.74, 6) is 0. The van der Waals surface area contributed by atoms with Crippen LogP contribution >= 0.6 is 0 Å². The van der Waals surface area contributed by atoms with E-state index in [9.17, 15) is 0 Å². The fraction of sp³-hybridized carbons (Fsp3) is 0.364. The zero-order valence-electron chi connectivity index (χ0n) is 7.83. The zero-order chi connectivity index (χ0) is 9.19. The Kier molecular flexibility index (Phi) is 2.53. The highest BCUT2D eigenvalue weighted by atomic mass is 16.3. The first-order valence-corrected chi connectivity index (χ1v) is 4.12. The number of rotatable bonds is 1. The first-order valence-electron chi connectivity index (χ1n) is 4.12. The molecule has 0 aliphatic rings. The molecular weight excluding hydrogens is 148 g/mol. The van der Waals surface area contributed by atoms with E-state index in [0.29, 0.717) is 0 Å². The van der Waals surface area contributed by atoms with Crippen molar-refractivity contribution < 1.29 is 5.11 Å². The summed E-state index contributed by atoms with van der Waals surface area (Å²) in [6.07, 6.45) is 0. The Balaban J connectivity index is 2.93. The SMILES string of the molecule is CC(C)(C)c1ccc([CH]O)cc1. The molecule has 0 heterocycles. The minimum Gasteiger partial charge on any atom is -0.385 e. The van der Waals surface area contributed by atoms with E-state index in [1.165, 1.54) is 5.56 Å². The number of benzene rings is 1. The van der Waals surface area contributed by atoms with Gasteiger partial charge in [-0.15, -0.1) is 0 Å². The van der Waals surface area contributed by atoms with Crippen LogP contribution in [0.25, 0.3) is 0 Å². The van der Waals surface area contributed by atoms with Gasteiger partial charge in [0.1, 0.15) is 6.61 Å². The van der Waals surface area contributed by atoms with E-state index in [2.05, 4.69) is 20.8 Å². The molecule has 1 nitrogen and oxygen atoms in total. The van der Waals surface area contributed by atoms with Gasteiger partial charge in [-0.1, -0.05) is 45.0 Å². The van der Waals surface area contributed by atoms with Gasteiger partial charge in [0.05, 0.1) is 0 Å². The van der Waals surface area contributed by atoms with Crippen LogP contribution in [0.2, 0.25) is 0 Å². The second-order valence-corrected chi connectivity index (χ2v) is 4.00. The standard InChI is InChI=1S/C11H15O/c1-11(2,3)10-6-4-9(8-12)5-7-10/h4-8,12H,1-3H3. The van der Waals surface area contributed by atoms with Crippen LogP contribution in [0.15, 0.2) is 24.3 Å². The molecule has 1 N–H and O–H groups in total. The molecule has 0 unspecified atom stereocenters. The molecule has 1 aromatic carbocycles. The topological polar surface area (TPSA) is 20.2 Å². The predicted molar refractivity (Wildman–Crippen MR) is 50.5 cm³/mol. The van der Waals surface area contributed by atoms with E-state index in [-0.39, 0.29) is 5.41 Å². The minimum atomic E-state index is 0.188. The monoisotopic (exact) mass is 163 g/mol. The van der Waals surface area contributed by atoms with Gasteiger partial charge < -0.3 is 5.11 Å². The van der Waals surface area contributed by atoms with Crippen LogP contribution in [0.4, 0.5) is 0 Å². The molecule has 0 aliphatic heterocycles. The molecule has 0 aliphatic carbocycles. The van der Waals surface area contributed by atoms with E-state index in [4.69, 9.17) is 5.11 Å². The average Bonchev–Trinajstić information content (AvgIpc) is 2.03. The van der Waals surface area contributed by atoms with Crippen molar-refractivity contribution in [3.63, 3.8) is 0 Å². The summed E-state index contributed by atoms with van der Waals surface area (Å²) in [5.41, 5.74) is 2.32. The summed E-state index contributed by atoms with van der Waals surface area (Å²) in [5, 5.41) is 8.71. The third kappa shape index (κ3) is 2.08. The smallest absolute Gasteiger partial charge is 0.109 e. The summed E-state index contributed by atoms with van der Waals surface area (Å²) in [6, 6.07) is 7.92. The highest BCUT2D eigenvalue weighted by Crippen LogP contribution is 2.22. The van der Waals surface area contributed by atoms with Gasteiger partial charge in [0.2, 0.25) is 0 Å². The maximum Gasteiger partial charge on any atom is 0.109 e. The Hall–Kier alpha value is -0.820. The molecule has 0 saturated heterocycles. The molecule has 0 spiro atoms. The summed E-state index contributed by atoms with van der Waals surface area (Å²) >= 11 is 0. The highest BCUT2D eigenvalue weighted by molar-refractivity contribution is 5.29. The van der Waals surface area contributed by atoms with Gasteiger partial charge in [-0.05, 0) is 16.5 Å². The molecular formula is C11H15O. The minimum absolute atomic E-state index is 0.188. The normalized spacial score (nSPS) is 11.7. The Bertz CT molecular complexity index is 241. The lowest BCUT2D eigenvalue weighted by molar-refractivity contribution is 0.415. The molecule has 0 amide bonds. The first kappa shape index (κ1) is 9.27. The van der Waals surface area contributed by atoms with Crippen LogP contribution in [0, 0.1) is 6.61 Å². The van der Waals surface area contributed by atoms with E-state index in [0.717, 1.165) is 12.2 Å². The third-order valence-corrected chi connectivity index (χ3v) is 1.93.